The summed E-state index contributed by atoms with van der Waals surface area (Å²) >= 11 is 6.76. The van der Waals surface area contributed by atoms with Crippen LogP contribution >= 0.6 is 39.5 Å². The molecule has 0 aromatic heterocycles. The number of benzene rings is 2. The largest absolute Gasteiger partial charge is 0.192 e. The summed E-state index contributed by atoms with van der Waals surface area (Å²) in [6.45, 7) is 0. The van der Waals surface area contributed by atoms with E-state index in [1.165, 1.54) is 0 Å². The molecule has 2 rings (SSSR count). The van der Waals surface area contributed by atoms with Gasteiger partial charge in [-0.3, -0.25) is 0 Å². The molecule has 0 N–H and O–H groups in total. The summed E-state index contributed by atoms with van der Waals surface area (Å²) in [7, 11) is 0. The number of halogens is 1. The molecule has 124 valence electrons. The molecule has 2 nitrogen and oxygen atoms in total. The number of nitriles is 2. The first kappa shape index (κ1) is 19.4. The molecule has 0 radical (unpaired) electrons. The standard InChI is InChI=1S/C20H15BrN2S2/c1-24-20(25-2)19(21)18(17(12-22)13-23)16-10-8-15(9-11-16)14-6-4-3-5-7-14/h3-11H,1-2H3. The maximum absolute atomic E-state index is 9.38. The third-order valence-electron chi connectivity index (χ3n) is 3.52. The number of hydrogen-bond acceptors (Lipinski definition) is 4. The van der Waals surface area contributed by atoms with Crippen molar-refractivity contribution in [3.8, 4) is 23.3 Å². The number of rotatable bonds is 5. The lowest BCUT2D eigenvalue weighted by atomic mass is 9.97. The lowest BCUT2D eigenvalue weighted by Gasteiger charge is -2.12. The molecule has 0 aliphatic heterocycles. The van der Waals surface area contributed by atoms with Crippen molar-refractivity contribution < 1.29 is 0 Å². The van der Waals surface area contributed by atoms with Gasteiger partial charge in [0.2, 0.25) is 0 Å². The van der Waals surface area contributed by atoms with Crippen molar-refractivity contribution in [2.75, 3.05) is 12.5 Å². The normalized spacial score (nSPS) is 9.64. The van der Waals surface area contributed by atoms with Gasteiger partial charge in [-0.15, -0.1) is 23.5 Å². The van der Waals surface area contributed by atoms with E-state index in [-0.39, 0.29) is 5.57 Å². The average Bonchev–Trinajstić information content (AvgIpc) is 2.67. The Morgan fingerprint density at radius 3 is 1.84 bits per heavy atom. The van der Waals surface area contributed by atoms with Gasteiger partial charge in [0.15, 0.2) is 0 Å². The average molecular weight is 427 g/mol. The fourth-order valence-electron chi connectivity index (χ4n) is 2.34. The minimum absolute atomic E-state index is 0.0972. The second kappa shape index (κ2) is 9.53. The van der Waals surface area contributed by atoms with Crippen LogP contribution in [0.5, 0.6) is 0 Å². The van der Waals surface area contributed by atoms with Crippen molar-refractivity contribution in [3.63, 3.8) is 0 Å². The number of thioether (sulfide) groups is 2. The van der Waals surface area contributed by atoms with Gasteiger partial charge in [0.1, 0.15) is 17.7 Å². The molecule has 0 unspecified atom stereocenters. The molecule has 0 aliphatic rings. The van der Waals surface area contributed by atoms with Gasteiger partial charge < -0.3 is 0 Å². The summed E-state index contributed by atoms with van der Waals surface area (Å²) in [5, 5.41) is 18.8. The second-order valence-electron chi connectivity index (χ2n) is 4.93. The SMILES string of the molecule is CSC(SC)=C(Br)C(=C(C#N)C#N)c1ccc(-c2ccccc2)cc1. The van der Waals surface area contributed by atoms with E-state index in [1.807, 2.05) is 67.1 Å². The topological polar surface area (TPSA) is 47.6 Å². The molecule has 0 amide bonds. The highest BCUT2D eigenvalue weighted by Crippen LogP contribution is 2.40. The molecule has 25 heavy (non-hydrogen) atoms. The van der Waals surface area contributed by atoms with Crippen LogP contribution in [0, 0.1) is 22.7 Å². The molecule has 0 atom stereocenters. The summed E-state index contributed by atoms with van der Waals surface area (Å²) in [6, 6.07) is 22.0. The van der Waals surface area contributed by atoms with Gasteiger partial charge in [-0.1, -0.05) is 54.6 Å². The molecular formula is C20H15BrN2S2. The van der Waals surface area contributed by atoms with Crippen LogP contribution in [-0.4, -0.2) is 12.5 Å². The van der Waals surface area contributed by atoms with Crippen LogP contribution in [0.4, 0.5) is 0 Å². The van der Waals surface area contributed by atoms with E-state index in [9.17, 15) is 10.5 Å². The van der Waals surface area contributed by atoms with Crippen LogP contribution < -0.4 is 0 Å². The monoisotopic (exact) mass is 426 g/mol. The maximum Gasteiger partial charge on any atom is 0.138 e. The van der Waals surface area contributed by atoms with Crippen molar-refractivity contribution in [3.05, 3.63) is 74.5 Å². The Hall–Kier alpha value is -1.92. The van der Waals surface area contributed by atoms with Gasteiger partial charge in [-0.25, -0.2) is 0 Å². The Labute approximate surface area is 165 Å². The lowest BCUT2D eigenvalue weighted by Crippen LogP contribution is -1.92. The molecule has 2 aromatic carbocycles. The summed E-state index contributed by atoms with van der Waals surface area (Å²) in [6.07, 6.45) is 3.95. The summed E-state index contributed by atoms with van der Waals surface area (Å²) < 4.78 is 1.79. The van der Waals surface area contributed by atoms with Gasteiger partial charge in [0.25, 0.3) is 0 Å². The van der Waals surface area contributed by atoms with Crippen molar-refractivity contribution in [2.24, 2.45) is 0 Å². The molecule has 0 saturated carbocycles. The van der Waals surface area contributed by atoms with Gasteiger partial charge in [0.05, 0.1) is 4.24 Å². The van der Waals surface area contributed by atoms with Crippen LogP contribution in [0.3, 0.4) is 0 Å². The van der Waals surface area contributed by atoms with Crippen molar-refractivity contribution in [2.45, 2.75) is 0 Å². The van der Waals surface area contributed by atoms with E-state index < -0.39 is 0 Å². The molecule has 0 saturated heterocycles. The molecule has 0 spiro atoms. The first-order chi connectivity index (χ1) is 12.2. The molecule has 5 heteroatoms. The third kappa shape index (κ3) is 4.58. The quantitative estimate of drug-likeness (QED) is 0.407. The Balaban J connectivity index is 2.58. The van der Waals surface area contributed by atoms with Gasteiger partial charge in [-0.05, 0) is 45.1 Å². The number of allylic oxidation sites excluding steroid dienone is 3. The maximum atomic E-state index is 9.38. The highest BCUT2D eigenvalue weighted by Gasteiger charge is 2.16. The van der Waals surface area contributed by atoms with Crippen LogP contribution in [0.15, 0.2) is 68.9 Å². The Bertz CT molecular complexity index is 864. The van der Waals surface area contributed by atoms with Crippen LogP contribution in [0.25, 0.3) is 16.7 Å². The van der Waals surface area contributed by atoms with Crippen LogP contribution in [0.1, 0.15) is 5.56 Å². The van der Waals surface area contributed by atoms with Crippen molar-refractivity contribution in [1.82, 2.24) is 0 Å². The first-order valence-corrected chi connectivity index (χ1v) is 10.6. The van der Waals surface area contributed by atoms with Gasteiger partial charge in [0, 0.05) is 10.1 Å². The number of hydrogen-bond donors (Lipinski definition) is 0. The van der Waals surface area contributed by atoms with E-state index in [1.54, 1.807) is 23.5 Å². The molecule has 0 heterocycles. The molecule has 2 aromatic rings. The first-order valence-electron chi connectivity index (χ1n) is 7.34. The van der Waals surface area contributed by atoms with E-state index in [2.05, 4.69) is 28.1 Å². The third-order valence-corrected chi connectivity index (χ3v) is 6.99. The van der Waals surface area contributed by atoms with E-state index in [0.29, 0.717) is 5.57 Å². The summed E-state index contributed by atoms with van der Waals surface area (Å²) in [4.78, 5) is 0. The minimum Gasteiger partial charge on any atom is -0.192 e. The predicted molar refractivity (Wildman–Crippen MR) is 113 cm³/mol. The van der Waals surface area contributed by atoms with Crippen LogP contribution in [0.2, 0.25) is 0 Å². The zero-order chi connectivity index (χ0) is 18.2. The predicted octanol–water partition coefficient (Wildman–Crippen LogP) is 6.44. The zero-order valence-corrected chi connectivity index (χ0v) is 17.0. The van der Waals surface area contributed by atoms with E-state index in [4.69, 9.17) is 0 Å². The Morgan fingerprint density at radius 2 is 1.36 bits per heavy atom. The highest BCUT2D eigenvalue weighted by atomic mass is 79.9. The highest BCUT2D eigenvalue weighted by molar-refractivity contribution is 9.12. The van der Waals surface area contributed by atoms with Crippen LogP contribution in [-0.2, 0) is 0 Å². The van der Waals surface area contributed by atoms with Gasteiger partial charge in [-0.2, -0.15) is 10.5 Å². The zero-order valence-electron chi connectivity index (χ0n) is 13.8. The lowest BCUT2D eigenvalue weighted by molar-refractivity contribution is 1.46. The van der Waals surface area contributed by atoms with Crippen molar-refractivity contribution in [1.29, 1.82) is 10.5 Å². The van der Waals surface area contributed by atoms with E-state index in [0.717, 1.165) is 25.4 Å². The molecule has 0 bridgehead atoms. The minimum atomic E-state index is 0.0972. The van der Waals surface area contributed by atoms with Gasteiger partial charge >= 0.3 is 0 Å². The molecule has 0 aliphatic carbocycles. The Morgan fingerprint density at radius 1 is 0.840 bits per heavy atom. The van der Waals surface area contributed by atoms with Crippen molar-refractivity contribution >= 4 is 45.0 Å². The summed E-state index contributed by atoms with van der Waals surface area (Å²) in [5.74, 6) is 0. The summed E-state index contributed by atoms with van der Waals surface area (Å²) in [5.41, 5.74) is 3.78. The molecular weight excluding hydrogens is 412 g/mol. The Kier molecular flexibility index (Phi) is 7.40. The smallest absolute Gasteiger partial charge is 0.138 e. The fraction of sp³-hybridized carbons (Fsp3) is 0.100. The fourth-order valence-corrected chi connectivity index (χ4v) is 4.97. The van der Waals surface area contributed by atoms with E-state index >= 15 is 0 Å². The molecule has 0 fully saturated rings. The second-order valence-corrected chi connectivity index (χ2v) is 7.61. The number of nitrogens with zero attached hydrogens (tertiary/aromatic N) is 2.